The van der Waals surface area contributed by atoms with Crippen LogP contribution in [0.1, 0.15) is 12.6 Å². The Bertz CT molecular complexity index is 1120. The minimum absolute atomic E-state index is 0.0292. The standard InChI is InChI=1S/C19H19Cl2N5O2S/c1-3-22-19-23-12(2)10-18(25-19)24-13-4-6-14(7-5-13)26-29(27,28)15-8-9-16(20)17(21)11-15/h4-11,26H,3H2,1-2H3,(H2,22,23,24,25). The van der Waals surface area contributed by atoms with Crippen LogP contribution < -0.4 is 15.4 Å². The summed E-state index contributed by atoms with van der Waals surface area (Å²) in [6.45, 7) is 4.57. The number of hydrogen-bond donors (Lipinski definition) is 3. The number of benzene rings is 2. The highest BCUT2D eigenvalue weighted by molar-refractivity contribution is 7.92. The lowest BCUT2D eigenvalue weighted by molar-refractivity contribution is 0.601. The Hall–Kier alpha value is -2.55. The number of nitrogens with zero attached hydrogens (tertiary/aromatic N) is 2. The molecule has 0 bridgehead atoms. The lowest BCUT2D eigenvalue weighted by atomic mass is 10.3. The lowest BCUT2D eigenvalue weighted by Crippen LogP contribution is -2.12. The van der Waals surface area contributed by atoms with Gasteiger partial charge in [-0.3, -0.25) is 4.72 Å². The van der Waals surface area contributed by atoms with E-state index in [9.17, 15) is 8.42 Å². The fraction of sp³-hybridized carbons (Fsp3) is 0.158. The monoisotopic (exact) mass is 451 g/mol. The topological polar surface area (TPSA) is 96.0 Å². The Kier molecular flexibility index (Phi) is 6.46. The fourth-order valence-electron chi connectivity index (χ4n) is 2.50. The first-order valence-electron chi connectivity index (χ1n) is 8.71. The van der Waals surface area contributed by atoms with E-state index in [1.54, 1.807) is 24.3 Å². The molecular formula is C19H19Cl2N5O2S. The van der Waals surface area contributed by atoms with Gasteiger partial charge in [-0.1, -0.05) is 23.2 Å². The number of aryl methyl sites for hydroxylation is 1. The molecule has 3 rings (SSSR count). The second-order valence-electron chi connectivity index (χ2n) is 6.13. The highest BCUT2D eigenvalue weighted by Crippen LogP contribution is 2.26. The van der Waals surface area contributed by atoms with Crippen molar-refractivity contribution in [1.82, 2.24) is 9.97 Å². The van der Waals surface area contributed by atoms with Gasteiger partial charge in [0.25, 0.3) is 10.0 Å². The Balaban J connectivity index is 1.74. The molecule has 29 heavy (non-hydrogen) atoms. The third-order valence-electron chi connectivity index (χ3n) is 3.80. The van der Waals surface area contributed by atoms with E-state index in [2.05, 4.69) is 25.3 Å². The number of sulfonamides is 1. The molecule has 0 saturated carbocycles. The van der Waals surface area contributed by atoms with Gasteiger partial charge < -0.3 is 10.6 Å². The van der Waals surface area contributed by atoms with Crippen LogP contribution in [-0.2, 0) is 10.0 Å². The molecule has 0 aliphatic rings. The Morgan fingerprint density at radius 3 is 2.28 bits per heavy atom. The van der Waals surface area contributed by atoms with Crippen molar-refractivity contribution in [3.63, 3.8) is 0 Å². The molecule has 3 aromatic rings. The second kappa shape index (κ2) is 8.86. The zero-order chi connectivity index (χ0) is 21.0. The van der Waals surface area contributed by atoms with Gasteiger partial charge in [-0.05, 0) is 56.3 Å². The van der Waals surface area contributed by atoms with Crippen molar-refractivity contribution >= 4 is 56.4 Å². The summed E-state index contributed by atoms with van der Waals surface area (Å²) in [5.41, 5.74) is 1.99. The first-order valence-corrected chi connectivity index (χ1v) is 11.0. The van der Waals surface area contributed by atoms with Crippen LogP contribution in [0.4, 0.5) is 23.1 Å². The van der Waals surface area contributed by atoms with E-state index in [-0.39, 0.29) is 9.92 Å². The lowest BCUT2D eigenvalue weighted by Gasteiger charge is -2.11. The SMILES string of the molecule is CCNc1nc(C)cc(Nc2ccc(NS(=O)(=O)c3ccc(Cl)c(Cl)c3)cc2)n1. The summed E-state index contributed by atoms with van der Waals surface area (Å²) in [4.78, 5) is 8.72. The van der Waals surface area contributed by atoms with E-state index in [0.29, 0.717) is 22.5 Å². The quantitative estimate of drug-likeness (QED) is 0.463. The van der Waals surface area contributed by atoms with Gasteiger partial charge in [0, 0.05) is 29.7 Å². The van der Waals surface area contributed by atoms with Crippen molar-refractivity contribution < 1.29 is 8.42 Å². The molecule has 0 fully saturated rings. The molecule has 1 aromatic heterocycles. The van der Waals surface area contributed by atoms with E-state index in [1.165, 1.54) is 18.2 Å². The van der Waals surface area contributed by atoms with Crippen LogP contribution in [0.3, 0.4) is 0 Å². The van der Waals surface area contributed by atoms with Gasteiger partial charge in [0.15, 0.2) is 0 Å². The molecule has 10 heteroatoms. The molecule has 0 radical (unpaired) electrons. The molecule has 1 heterocycles. The summed E-state index contributed by atoms with van der Waals surface area (Å²) in [6, 6.07) is 12.8. The number of rotatable bonds is 7. The minimum Gasteiger partial charge on any atom is -0.354 e. The molecule has 0 amide bonds. The number of anilines is 4. The summed E-state index contributed by atoms with van der Waals surface area (Å²) in [6.07, 6.45) is 0. The Morgan fingerprint density at radius 2 is 1.62 bits per heavy atom. The molecule has 2 aromatic carbocycles. The number of aromatic nitrogens is 2. The maximum absolute atomic E-state index is 12.5. The molecule has 3 N–H and O–H groups in total. The van der Waals surface area contributed by atoms with Crippen LogP contribution in [0.2, 0.25) is 10.0 Å². The Labute approximate surface area is 179 Å². The molecule has 0 spiro atoms. The highest BCUT2D eigenvalue weighted by atomic mass is 35.5. The van der Waals surface area contributed by atoms with Gasteiger partial charge in [0.05, 0.1) is 14.9 Å². The normalized spacial score (nSPS) is 11.2. The van der Waals surface area contributed by atoms with Crippen LogP contribution in [0.15, 0.2) is 53.4 Å². The first kappa shape index (κ1) is 21.2. The van der Waals surface area contributed by atoms with Crippen LogP contribution >= 0.6 is 23.2 Å². The maximum atomic E-state index is 12.5. The van der Waals surface area contributed by atoms with Crippen molar-refractivity contribution in [3.8, 4) is 0 Å². The number of nitrogens with one attached hydrogen (secondary N) is 3. The molecule has 0 unspecified atom stereocenters. The largest absolute Gasteiger partial charge is 0.354 e. The van der Waals surface area contributed by atoms with E-state index < -0.39 is 10.0 Å². The molecule has 7 nitrogen and oxygen atoms in total. The molecule has 0 saturated heterocycles. The van der Waals surface area contributed by atoms with Crippen LogP contribution in [0, 0.1) is 6.92 Å². The first-order chi connectivity index (χ1) is 13.8. The van der Waals surface area contributed by atoms with Crippen LogP contribution in [-0.4, -0.2) is 24.9 Å². The number of halogens is 2. The van der Waals surface area contributed by atoms with Crippen molar-refractivity contribution in [2.75, 3.05) is 21.9 Å². The predicted octanol–water partition coefficient (Wildman–Crippen LogP) is 5.07. The molecular weight excluding hydrogens is 433 g/mol. The molecule has 0 aliphatic carbocycles. The molecule has 0 atom stereocenters. The van der Waals surface area contributed by atoms with Gasteiger partial charge in [-0.2, -0.15) is 4.98 Å². The second-order valence-corrected chi connectivity index (χ2v) is 8.63. The van der Waals surface area contributed by atoms with Gasteiger partial charge in [-0.25, -0.2) is 13.4 Å². The van der Waals surface area contributed by atoms with Gasteiger partial charge in [0.2, 0.25) is 5.95 Å². The average molecular weight is 452 g/mol. The smallest absolute Gasteiger partial charge is 0.261 e. The highest BCUT2D eigenvalue weighted by Gasteiger charge is 2.15. The van der Waals surface area contributed by atoms with Crippen molar-refractivity contribution in [3.05, 3.63) is 64.3 Å². The summed E-state index contributed by atoms with van der Waals surface area (Å²) < 4.78 is 27.6. The number of hydrogen-bond acceptors (Lipinski definition) is 6. The molecule has 0 aliphatic heterocycles. The molecule has 152 valence electrons. The van der Waals surface area contributed by atoms with Crippen molar-refractivity contribution in [2.45, 2.75) is 18.7 Å². The fourth-order valence-corrected chi connectivity index (χ4v) is 3.94. The third-order valence-corrected chi connectivity index (χ3v) is 5.92. The van der Waals surface area contributed by atoms with Gasteiger partial charge in [0.1, 0.15) is 5.82 Å². The summed E-state index contributed by atoms with van der Waals surface area (Å²) in [5, 5.41) is 6.72. The van der Waals surface area contributed by atoms with Crippen molar-refractivity contribution in [2.24, 2.45) is 0 Å². The van der Waals surface area contributed by atoms with E-state index in [0.717, 1.165) is 17.9 Å². The van der Waals surface area contributed by atoms with E-state index >= 15 is 0 Å². The zero-order valence-electron chi connectivity index (χ0n) is 15.7. The summed E-state index contributed by atoms with van der Waals surface area (Å²) in [5.74, 6) is 1.18. The van der Waals surface area contributed by atoms with E-state index in [1.807, 2.05) is 19.9 Å². The van der Waals surface area contributed by atoms with E-state index in [4.69, 9.17) is 23.2 Å². The van der Waals surface area contributed by atoms with Crippen LogP contribution in [0.5, 0.6) is 0 Å². The maximum Gasteiger partial charge on any atom is 0.261 e. The van der Waals surface area contributed by atoms with Crippen LogP contribution in [0.25, 0.3) is 0 Å². The zero-order valence-corrected chi connectivity index (χ0v) is 18.0. The van der Waals surface area contributed by atoms with Gasteiger partial charge in [-0.15, -0.1) is 0 Å². The summed E-state index contributed by atoms with van der Waals surface area (Å²) in [7, 11) is -3.78. The minimum atomic E-state index is -3.78. The summed E-state index contributed by atoms with van der Waals surface area (Å²) >= 11 is 11.8. The Morgan fingerprint density at radius 1 is 0.931 bits per heavy atom. The predicted molar refractivity (Wildman–Crippen MR) is 118 cm³/mol. The average Bonchev–Trinajstić information content (AvgIpc) is 2.65. The van der Waals surface area contributed by atoms with Crippen molar-refractivity contribution in [1.29, 1.82) is 0 Å². The van der Waals surface area contributed by atoms with Gasteiger partial charge >= 0.3 is 0 Å². The third kappa shape index (κ3) is 5.50.